The summed E-state index contributed by atoms with van der Waals surface area (Å²) >= 11 is 0. The molecule has 2 aromatic carbocycles. The van der Waals surface area contributed by atoms with E-state index in [1.807, 2.05) is 0 Å². The molecule has 1 heteroatoms. The minimum Gasteiger partial charge on any atom is -0.312 e. The summed E-state index contributed by atoms with van der Waals surface area (Å²) in [5.41, 5.74) is 3.18. The summed E-state index contributed by atoms with van der Waals surface area (Å²) in [6.07, 6.45) is 3.66. The van der Waals surface area contributed by atoms with Crippen LogP contribution in [0.2, 0.25) is 0 Å². The molecule has 0 bridgehead atoms. The van der Waals surface area contributed by atoms with E-state index in [0.717, 1.165) is 6.54 Å². The average Bonchev–Trinajstić information content (AvgIpc) is 2.39. The molecule has 0 fully saturated rings. The van der Waals surface area contributed by atoms with Crippen LogP contribution in [0.3, 0.4) is 0 Å². The summed E-state index contributed by atoms with van der Waals surface area (Å²) in [4.78, 5) is 0. The summed E-state index contributed by atoms with van der Waals surface area (Å²) in [6, 6.07) is 13.2. The third kappa shape index (κ3) is 4.08. The van der Waals surface area contributed by atoms with Crippen molar-refractivity contribution in [1.82, 2.24) is 5.32 Å². The third-order valence-corrected chi connectivity index (χ3v) is 3.78. The van der Waals surface area contributed by atoms with E-state index in [-0.39, 0.29) is 5.54 Å². The molecule has 0 radical (unpaired) electrons. The lowest BCUT2D eigenvalue weighted by atomic mass is 9.95. The summed E-state index contributed by atoms with van der Waals surface area (Å²) in [5, 5.41) is 6.35. The molecule has 2 rings (SSSR count). The molecule has 0 atom stereocenters. The standard InChI is InChI=1S/C19H27N/c1-15-12-13-16-9-5-6-11-18(16)17(15)10-7-8-14-20-19(2,3)4/h5-6,9,11-13,20H,7-8,10,14H2,1-4H3. The van der Waals surface area contributed by atoms with Crippen LogP contribution in [-0.4, -0.2) is 12.1 Å². The molecule has 1 N–H and O–H groups in total. The molecule has 0 aromatic heterocycles. The van der Waals surface area contributed by atoms with Crippen molar-refractivity contribution < 1.29 is 0 Å². The van der Waals surface area contributed by atoms with Crippen molar-refractivity contribution >= 4 is 10.8 Å². The van der Waals surface area contributed by atoms with Crippen LogP contribution in [0.25, 0.3) is 10.8 Å². The predicted octanol–water partition coefficient (Wildman–Crippen LogP) is 4.86. The highest BCUT2D eigenvalue weighted by Gasteiger charge is 2.08. The van der Waals surface area contributed by atoms with Gasteiger partial charge in [0.15, 0.2) is 0 Å². The maximum absolute atomic E-state index is 3.56. The predicted molar refractivity (Wildman–Crippen MR) is 89.4 cm³/mol. The Morgan fingerprint density at radius 3 is 2.45 bits per heavy atom. The number of fused-ring (bicyclic) bond motifs is 1. The normalized spacial score (nSPS) is 12.0. The van der Waals surface area contributed by atoms with Gasteiger partial charge in [-0.2, -0.15) is 0 Å². The van der Waals surface area contributed by atoms with Gasteiger partial charge in [-0.3, -0.25) is 0 Å². The highest BCUT2D eigenvalue weighted by Crippen LogP contribution is 2.23. The maximum Gasteiger partial charge on any atom is 0.00965 e. The van der Waals surface area contributed by atoms with Gasteiger partial charge in [-0.05, 0) is 75.4 Å². The van der Waals surface area contributed by atoms with E-state index in [2.05, 4.69) is 69.4 Å². The molecule has 0 spiro atoms. The topological polar surface area (TPSA) is 12.0 Å². The molecule has 0 aliphatic heterocycles. The Morgan fingerprint density at radius 2 is 1.70 bits per heavy atom. The molecule has 0 aliphatic rings. The van der Waals surface area contributed by atoms with Gasteiger partial charge in [0.05, 0.1) is 0 Å². The van der Waals surface area contributed by atoms with Gasteiger partial charge >= 0.3 is 0 Å². The van der Waals surface area contributed by atoms with E-state index in [0.29, 0.717) is 0 Å². The SMILES string of the molecule is Cc1ccc2ccccc2c1CCCCNC(C)(C)C. The van der Waals surface area contributed by atoms with E-state index in [1.54, 1.807) is 0 Å². The number of nitrogens with one attached hydrogen (secondary N) is 1. The second-order valence-corrected chi connectivity index (χ2v) is 6.72. The van der Waals surface area contributed by atoms with Crippen LogP contribution in [0.15, 0.2) is 36.4 Å². The van der Waals surface area contributed by atoms with Crippen molar-refractivity contribution in [2.24, 2.45) is 0 Å². The average molecular weight is 269 g/mol. The lowest BCUT2D eigenvalue weighted by Crippen LogP contribution is -2.36. The van der Waals surface area contributed by atoms with Crippen LogP contribution < -0.4 is 5.32 Å². The highest BCUT2D eigenvalue weighted by atomic mass is 14.9. The van der Waals surface area contributed by atoms with Crippen LogP contribution in [0, 0.1) is 6.92 Å². The molecule has 0 unspecified atom stereocenters. The molecule has 20 heavy (non-hydrogen) atoms. The first-order valence-corrected chi connectivity index (χ1v) is 7.70. The highest BCUT2D eigenvalue weighted by molar-refractivity contribution is 5.86. The summed E-state index contributed by atoms with van der Waals surface area (Å²) in [7, 11) is 0. The van der Waals surface area contributed by atoms with Crippen LogP contribution in [0.5, 0.6) is 0 Å². The number of hydrogen-bond donors (Lipinski definition) is 1. The number of aryl methyl sites for hydroxylation is 2. The Hall–Kier alpha value is -1.34. The third-order valence-electron chi connectivity index (χ3n) is 3.78. The van der Waals surface area contributed by atoms with Crippen molar-refractivity contribution in [3.8, 4) is 0 Å². The number of unbranched alkanes of at least 4 members (excludes halogenated alkanes) is 1. The second kappa shape index (κ2) is 6.41. The van der Waals surface area contributed by atoms with Crippen molar-refractivity contribution in [1.29, 1.82) is 0 Å². The van der Waals surface area contributed by atoms with E-state index < -0.39 is 0 Å². The quantitative estimate of drug-likeness (QED) is 0.764. The Labute approximate surface area is 123 Å². The maximum atomic E-state index is 3.56. The van der Waals surface area contributed by atoms with Gasteiger partial charge in [-0.25, -0.2) is 0 Å². The number of hydrogen-bond acceptors (Lipinski definition) is 1. The minimum atomic E-state index is 0.232. The molecule has 0 saturated carbocycles. The fraction of sp³-hybridized carbons (Fsp3) is 0.474. The molecule has 0 heterocycles. The lowest BCUT2D eigenvalue weighted by molar-refractivity contribution is 0.419. The zero-order valence-corrected chi connectivity index (χ0v) is 13.3. The van der Waals surface area contributed by atoms with E-state index in [1.165, 1.54) is 41.2 Å². The minimum absolute atomic E-state index is 0.232. The number of rotatable bonds is 5. The fourth-order valence-corrected chi connectivity index (χ4v) is 2.67. The van der Waals surface area contributed by atoms with Gasteiger partial charge in [0.1, 0.15) is 0 Å². The second-order valence-electron chi connectivity index (χ2n) is 6.72. The van der Waals surface area contributed by atoms with Gasteiger partial charge in [0, 0.05) is 5.54 Å². The monoisotopic (exact) mass is 269 g/mol. The molecule has 0 saturated heterocycles. The van der Waals surface area contributed by atoms with Gasteiger partial charge in [0.25, 0.3) is 0 Å². The fourth-order valence-electron chi connectivity index (χ4n) is 2.67. The van der Waals surface area contributed by atoms with Crippen molar-refractivity contribution in [3.05, 3.63) is 47.5 Å². The summed E-state index contributed by atoms with van der Waals surface area (Å²) in [5.74, 6) is 0. The van der Waals surface area contributed by atoms with Gasteiger partial charge in [-0.15, -0.1) is 0 Å². The zero-order valence-electron chi connectivity index (χ0n) is 13.3. The zero-order chi connectivity index (χ0) is 14.6. The Balaban J connectivity index is 1.98. The Kier molecular flexibility index (Phi) is 4.82. The van der Waals surface area contributed by atoms with E-state index in [9.17, 15) is 0 Å². The van der Waals surface area contributed by atoms with Gasteiger partial charge < -0.3 is 5.32 Å². The molecule has 108 valence electrons. The molecule has 1 nitrogen and oxygen atoms in total. The molecule has 0 aliphatic carbocycles. The van der Waals surface area contributed by atoms with Crippen molar-refractivity contribution in [3.63, 3.8) is 0 Å². The van der Waals surface area contributed by atoms with Crippen LogP contribution in [0.1, 0.15) is 44.7 Å². The van der Waals surface area contributed by atoms with Crippen LogP contribution in [0.4, 0.5) is 0 Å². The molecular formula is C19H27N. The van der Waals surface area contributed by atoms with Crippen molar-refractivity contribution in [2.75, 3.05) is 6.54 Å². The first-order chi connectivity index (χ1) is 9.47. The Morgan fingerprint density at radius 1 is 0.950 bits per heavy atom. The first-order valence-electron chi connectivity index (χ1n) is 7.70. The molecule has 2 aromatic rings. The van der Waals surface area contributed by atoms with Gasteiger partial charge in [-0.1, -0.05) is 36.4 Å². The van der Waals surface area contributed by atoms with E-state index in [4.69, 9.17) is 0 Å². The summed E-state index contributed by atoms with van der Waals surface area (Å²) in [6.45, 7) is 10.0. The Bertz CT molecular complexity index is 563. The van der Waals surface area contributed by atoms with Crippen LogP contribution >= 0.6 is 0 Å². The summed E-state index contributed by atoms with van der Waals surface area (Å²) < 4.78 is 0. The first kappa shape index (κ1) is 15.1. The largest absolute Gasteiger partial charge is 0.312 e. The van der Waals surface area contributed by atoms with Gasteiger partial charge in [0.2, 0.25) is 0 Å². The molecule has 0 amide bonds. The smallest absolute Gasteiger partial charge is 0.00965 e. The van der Waals surface area contributed by atoms with Crippen molar-refractivity contribution in [2.45, 2.75) is 52.5 Å². The molecular weight excluding hydrogens is 242 g/mol. The number of benzene rings is 2. The van der Waals surface area contributed by atoms with Crippen LogP contribution in [-0.2, 0) is 6.42 Å². The lowest BCUT2D eigenvalue weighted by Gasteiger charge is -2.20. The van der Waals surface area contributed by atoms with E-state index >= 15 is 0 Å².